The van der Waals surface area contributed by atoms with Crippen molar-refractivity contribution in [2.45, 2.75) is 26.7 Å². The Balaban J connectivity index is 3.90. The second-order valence-electron chi connectivity index (χ2n) is 3.26. The van der Waals surface area contributed by atoms with Gasteiger partial charge in [0.15, 0.2) is 0 Å². The third-order valence-corrected chi connectivity index (χ3v) is 1.85. The Morgan fingerprint density at radius 3 is 2.50 bits per heavy atom. The van der Waals surface area contributed by atoms with Crippen molar-refractivity contribution >= 4 is 5.97 Å². The van der Waals surface area contributed by atoms with E-state index in [0.717, 1.165) is 24.0 Å². The summed E-state index contributed by atoms with van der Waals surface area (Å²) in [6.45, 7) is 3.86. The molecule has 0 rings (SSSR count). The third-order valence-electron chi connectivity index (χ3n) is 1.85. The zero-order valence-corrected chi connectivity index (χ0v) is 9.04. The van der Waals surface area contributed by atoms with E-state index in [4.69, 9.17) is 5.11 Å². The highest BCUT2D eigenvalue weighted by Gasteiger charge is 1.95. The molecular weight excluding hydrogens is 180 g/mol. The Hall–Kier alpha value is -1.09. The maximum absolute atomic E-state index is 10.8. The van der Waals surface area contributed by atoms with Crippen LogP contribution in [0.5, 0.6) is 0 Å². The number of carbonyl (C=O) groups excluding carboxylic acids is 1. The minimum absolute atomic E-state index is 0.0970. The van der Waals surface area contributed by atoms with Crippen LogP contribution in [-0.4, -0.2) is 24.8 Å². The molecule has 0 aliphatic heterocycles. The molecule has 0 amide bonds. The van der Waals surface area contributed by atoms with Crippen molar-refractivity contribution in [3.05, 3.63) is 23.3 Å². The number of hydrogen-bond acceptors (Lipinski definition) is 3. The van der Waals surface area contributed by atoms with E-state index in [1.165, 1.54) is 13.2 Å². The van der Waals surface area contributed by atoms with Gasteiger partial charge >= 0.3 is 5.97 Å². The Labute approximate surface area is 85.1 Å². The first-order valence-corrected chi connectivity index (χ1v) is 4.61. The average molecular weight is 198 g/mol. The molecule has 0 radical (unpaired) electrons. The van der Waals surface area contributed by atoms with Gasteiger partial charge in [0.25, 0.3) is 0 Å². The predicted octanol–water partition coefficient (Wildman–Crippen LogP) is 1.82. The Kier molecular flexibility index (Phi) is 6.76. The third kappa shape index (κ3) is 6.43. The van der Waals surface area contributed by atoms with Gasteiger partial charge in [0, 0.05) is 6.08 Å². The number of allylic oxidation sites excluding steroid dienone is 2. The first-order valence-electron chi connectivity index (χ1n) is 4.61. The van der Waals surface area contributed by atoms with Gasteiger partial charge in [0.1, 0.15) is 0 Å². The summed E-state index contributed by atoms with van der Waals surface area (Å²) in [4.78, 5) is 10.8. The number of esters is 1. The smallest absolute Gasteiger partial charge is 0.330 e. The number of ether oxygens (including phenoxy) is 1. The Bertz CT molecular complexity index is 239. The van der Waals surface area contributed by atoms with Crippen LogP contribution in [0, 0.1) is 0 Å². The number of aliphatic hydroxyl groups excluding tert-OH is 1. The number of rotatable bonds is 5. The Morgan fingerprint density at radius 2 is 2.00 bits per heavy atom. The zero-order chi connectivity index (χ0) is 11.0. The van der Waals surface area contributed by atoms with Gasteiger partial charge in [-0.05, 0) is 26.7 Å². The van der Waals surface area contributed by atoms with Crippen molar-refractivity contribution in [1.29, 1.82) is 0 Å². The number of carbonyl (C=O) groups is 1. The quantitative estimate of drug-likeness (QED) is 0.416. The standard InChI is InChI=1S/C11H18O3/c1-9(7-11(13)14-3)5-4-6-10(2)8-12/h6-7,12H,4-5,8H2,1-3H3/b9-7-,10-6+. The van der Waals surface area contributed by atoms with E-state index < -0.39 is 0 Å². The summed E-state index contributed by atoms with van der Waals surface area (Å²) in [5.74, 6) is -0.314. The predicted molar refractivity (Wildman–Crippen MR) is 55.8 cm³/mol. The van der Waals surface area contributed by atoms with Crippen LogP contribution < -0.4 is 0 Å². The molecule has 0 fully saturated rings. The van der Waals surface area contributed by atoms with Crippen molar-refractivity contribution in [3.8, 4) is 0 Å². The highest BCUT2D eigenvalue weighted by Crippen LogP contribution is 2.06. The van der Waals surface area contributed by atoms with Crippen molar-refractivity contribution in [2.75, 3.05) is 13.7 Å². The van der Waals surface area contributed by atoms with Gasteiger partial charge in [0.2, 0.25) is 0 Å². The molecule has 0 aromatic carbocycles. The fourth-order valence-electron chi connectivity index (χ4n) is 0.943. The number of methoxy groups -OCH3 is 1. The SMILES string of the molecule is COC(=O)/C=C(/C)CC/C=C(\C)CO. The van der Waals surface area contributed by atoms with Gasteiger partial charge in [-0.25, -0.2) is 4.79 Å². The average Bonchev–Trinajstić information content (AvgIpc) is 2.17. The topological polar surface area (TPSA) is 46.5 Å². The van der Waals surface area contributed by atoms with Gasteiger partial charge in [0.05, 0.1) is 13.7 Å². The van der Waals surface area contributed by atoms with E-state index in [1.54, 1.807) is 0 Å². The largest absolute Gasteiger partial charge is 0.466 e. The van der Waals surface area contributed by atoms with Crippen LogP contribution in [0.4, 0.5) is 0 Å². The molecule has 0 aliphatic carbocycles. The van der Waals surface area contributed by atoms with Crippen LogP contribution in [0.25, 0.3) is 0 Å². The summed E-state index contributed by atoms with van der Waals surface area (Å²) in [6.07, 6.45) is 5.11. The molecule has 0 saturated carbocycles. The fraction of sp³-hybridized carbons (Fsp3) is 0.545. The molecule has 0 spiro atoms. The highest BCUT2D eigenvalue weighted by molar-refractivity contribution is 5.82. The van der Waals surface area contributed by atoms with Gasteiger partial charge in [-0.1, -0.05) is 17.2 Å². The monoisotopic (exact) mass is 198 g/mol. The molecule has 0 aliphatic rings. The van der Waals surface area contributed by atoms with Crippen molar-refractivity contribution in [1.82, 2.24) is 0 Å². The summed E-state index contributed by atoms with van der Waals surface area (Å²) in [7, 11) is 1.36. The van der Waals surface area contributed by atoms with E-state index in [-0.39, 0.29) is 12.6 Å². The van der Waals surface area contributed by atoms with E-state index >= 15 is 0 Å². The molecule has 80 valence electrons. The van der Waals surface area contributed by atoms with Crippen molar-refractivity contribution < 1.29 is 14.6 Å². The molecule has 0 bridgehead atoms. The molecule has 0 heterocycles. The van der Waals surface area contributed by atoms with Gasteiger partial charge in [-0.15, -0.1) is 0 Å². The van der Waals surface area contributed by atoms with Crippen molar-refractivity contribution in [3.63, 3.8) is 0 Å². The maximum Gasteiger partial charge on any atom is 0.330 e. The molecular formula is C11H18O3. The van der Waals surface area contributed by atoms with E-state index in [2.05, 4.69) is 4.74 Å². The normalized spacial score (nSPS) is 12.9. The van der Waals surface area contributed by atoms with E-state index in [1.807, 2.05) is 19.9 Å². The lowest BCUT2D eigenvalue weighted by molar-refractivity contribution is -0.134. The summed E-state index contributed by atoms with van der Waals surface area (Å²) >= 11 is 0. The fourth-order valence-corrected chi connectivity index (χ4v) is 0.943. The zero-order valence-electron chi connectivity index (χ0n) is 9.04. The molecule has 0 aromatic rings. The molecule has 0 unspecified atom stereocenters. The second-order valence-corrected chi connectivity index (χ2v) is 3.26. The van der Waals surface area contributed by atoms with Crippen LogP contribution in [0.2, 0.25) is 0 Å². The van der Waals surface area contributed by atoms with E-state index in [9.17, 15) is 4.79 Å². The lowest BCUT2D eigenvalue weighted by Gasteiger charge is -1.98. The maximum atomic E-state index is 10.8. The van der Waals surface area contributed by atoms with Crippen LogP contribution >= 0.6 is 0 Å². The van der Waals surface area contributed by atoms with Gasteiger partial charge < -0.3 is 9.84 Å². The van der Waals surface area contributed by atoms with Crippen molar-refractivity contribution in [2.24, 2.45) is 0 Å². The van der Waals surface area contributed by atoms with E-state index in [0.29, 0.717) is 0 Å². The first kappa shape index (κ1) is 12.9. The summed E-state index contributed by atoms with van der Waals surface area (Å²) in [5, 5.41) is 8.73. The molecule has 3 heteroatoms. The summed E-state index contributed by atoms with van der Waals surface area (Å²) in [5.41, 5.74) is 1.94. The van der Waals surface area contributed by atoms with Gasteiger partial charge in [-0.3, -0.25) is 0 Å². The molecule has 0 atom stereocenters. The molecule has 0 saturated heterocycles. The first-order chi connectivity index (χ1) is 6.60. The highest BCUT2D eigenvalue weighted by atomic mass is 16.5. The number of hydrogen-bond donors (Lipinski definition) is 1. The minimum Gasteiger partial charge on any atom is -0.466 e. The lowest BCUT2D eigenvalue weighted by atomic mass is 10.1. The van der Waals surface area contributed by atoms with Gasteiger partial charge in [-0.2, -0.15) is 0 Å². The number of aliphatic hydroxyl groups is 1. The van der Waals surface area contributed by atoms with Crippen LogP contribution in [-0.2, 0) is 9.53 Å². The molecule has 14 heavy (non-hydrogen) atoms. The molecule has 0 aromatic heterocycles. The Morgan fingerprint density at radius 1 is 1.36 bits per heavy atom. The summed E-state index contributed by atoms with van der Waals surface area (Å²) < 4.78 is 4.50. The summed E-state index contributed by atoms with van der Waals surface area (Å²) in [6, 6.07) is 0. The molecule has 1 N–H and O–H groups in total. The molecule has 3 nitrogen and oxygen atoms in total. The lowest BCUT2D eigenvalue weighted by Crippen LogP contribution is -1.95. The second kappa shape index (κ2) is 7.33. The van der Waals surface area contributed by atoms with Crippen LogP contribution in [0.3, 0.4) is 0 Å². The minimum atomic E-state index is -0.314. The van der Waals surface area contributed by atoms with Crippen LogP contribution in [0.1, 0.15) is 26.7 Å². The van der Waals surface area contributed by atoms with Crippen LogP contribution in [0.15, 0.2) is 23.3 Å².